The van der Waals surface area contributed by atoms with E-state index in [1.165, 1.54) is 17.8 Å². The van der Waals surface area contributed by atoms with Gasteiger partial charge in [0.1, 0.15) is 5.01 Å². The molecule has 15 heavy (non-hydrogen) atoms. The molecule has 0 bridgehead atoms. The lowest BCUT2D eigenvalue weighted by Gasteiger charge is -2.17. The van der Waals surface area contributed by atoms with Gasteiger partial charge in [-0.05, 0) is 31.7 Å². The smallest absolute Gasteiger partial charge is 0.107 e. The van der Waals surface area contributed by atoms with E-state index in [-0.39, 0.29) is 0 Å². The van der Waals surface area contributed by atoms with E-state index in [4.69, 9.17) is 0 Å². The van der Waals surface area contributed by atoms with Gasteiger partial charge >= 0.3 is 0 Å². The van der Waals surface area contributed by atoms with Gasteiger partial charge in [0.2, 0.25) is 0 Å². The number of aryl methyl sites for hydroxylation is 1. The average molecular weight is 226 g/mol. The van der Waals surface area contributed by atoms with Crippen molar-refractivity contribution in [1.29, 1.82) is 0 Å². The summed E-state index contributed by atoms with van der Waals surface area (Å²) in [5, 5.41) is 6.74. The van der Waals surface area contributed by atoms with Crippen LogP contribution in [-0.4, -0.2) is 11.5 Å². The Bertz CT molecular complexity index is 286. The molecule has 1 rings (SSSR count). The summed E-state index contributed by atoms with van der Waals surface area (Å²) < 4.78 is 0. The Labute approximate surface area is 97.1 Å². The summed E-state index contributed by atoms with van der Waals surface area (Å²) in [6, 6.07) is 0. The summed E-state index contributed by atoms with van der Waals surface area (Å²) in [6.45, 7) is 10.9. The van der Waals surface area contributed by atoms with Crippen molar-refractivity contribution in [3.8, 4) is 0 Å². The zero-order valence-electron chi connectivity index (χ0n) is 10.3. The molecule has 0 aliphatic heterocycles. The minimum Gasteiger partial charge on any atom is -0.310 e. The SMILES string of the molecule is Cc1csc(CNCCCC(C)(C)C)n1. The predicted octanol–water partition coefficient (Wildman–Crippen LogP) is 3.37. The van der Waals surface area contributed by atoms with E-state index in [9.17, 15) is 0 Å². The third-order valence-corrected chi connectivity index (χ3v) is 3.19. The Balaban J connectivity index is 2.07. The van der Waals surface area contributed by atoms with Crippen LogP contribution in [0.15, 0.2) is 5.38 Å². The van der Waals surface area contributed by atoms with Crippen LogP contribution >= 0.6 is 11.3 Å². The van der Waals surface area contributed by atoms with Gasteiger partial charge in [0.25, 0.3) is 0 Å². The van der Waals surface area contributed by atoms with E-state index in [1.807, 2.05) is 6.92 Å². The van der Waals surface area contributed by atoms with E-state index in [0.717, 1.165) is 18.8 Å². The maximum absolute atomic E-state index is 4.41. The quantitative estimate of drug-likeness (QED) is 0.779. The van der Waals surface area contributed by atoms with E-state index >= 15 is 0 Å². The van der Waals surface area contributed by atoms with Gasteiger partial charge in [-0.3, -0.25) is 0 Å². The number of nitrogens with zero attached hydrogens (tertiary/aromatic N) is 1. The molecule has 0 atom stereocenters. The van der Waals surface area contributed by atoms with Crippen LogP contribution < -0.4 is 5.32 Å². The third-order valence-electron chi connectivity index (χ3n) is 2.22. The number of thiazole rings is 1. The Morgan fingerprint density at radius 1 is 1.40 bits per heavy atom. The first kappa shape index (κ1) is 12.7. The van der Waals surface area contributed by atoms with Gasteiger partial charge in [-0.2, -0.15) is 0 Å². The second-order valence-corrected chi connectivity index (χ2v) is 6.17. The summed E-state index contributed by atoms with van der Waals surface area (Å²) in [6.07, 6.45) is 2.52. The Morgan fingerprint density at radius 2 is 2.13 bits per heavy atom. The third kappa shape index (κ3) is 5.90. The highest BCUT2D eigenvalue weighted by Crippen LogP contribution is 2.19. The van der Waals surface area contributed by atoms with Crippen molar-refractivity contribution in [2.24, 2.45) is 5.41 Å². The fourth-order valence-electron chi connectivity index (χ4n) is 1.42. The van der Waals surface area contributed by atoms with Crippen LogP contribution in [0.25, 0.3) is 0 Å². The molecule has 1 heterocycles. The Kier molecular flexibility index (Phi) is 4.74. The molecule has 3 heteroatoms. The standard InChI is InChI=1S/C12H22N2S/c1-10-9-15-11(14-10)8-13-7-5-6-12(2,3)4/h9,13H,5-8H2,1-4H3. The van der Waals surface area contributed by atoms with Crippen molar-refractivity contribution in [2.45, 2.75) is 47.1 Å². The lowest BCUT2D eigenvalue weighted by Crippen LogP contribution is -2.16. The maximum atomic E-state index is 4.41. The summed E-state index contributed by atoms with van der Waals surface area (Å²) in [5.41, 5.74) is 1.59. The molecule has 86 valence electrons. The molecule has 1 aromatic heterocycles. The van der Waals surface area contributed by atoms with Crippen LogP contribution in [0, 0.1) is 12.3 Å². The molecule has 0 unspecified atom stereocenters. The van der Waals surface area contributed by atoms with Crippen molar-refractivity contribution in [1.82, 2.24) is 10.3 Å². The molecular formula is C12H22N2S. The molecular weight excluding hydrogens is 204 g/mol. The second-order valence-electron chi connectivity index (χ2n) is 5.22. The van der Waals surface area contributed by atoms with Crippen molar-refractivity contribution >= 4 is 11.3 Å². The zero-order chi connectivity index (χ0) is 11.3. The molecule has 0 saturated heterocycles. The van der Waals surface area contributed by atoms with Crippen molar-refractivity contribution in [3.05, 3.63) is 16.1 Å². The number of rotatable bonds is 5. The molecule has 1 aromatic rings. The zero-order valence-corrected chi connectivity index (χ0v) is 11.1. The van der Waals surface area contributed by atoms with Gasteiger partial charge in [0.05, 0.1) is 0 Å². The molecule has 0 saturated carbocycles. The van der Waals surface area contributed by atoms with Crippen molar-refractivity contribution < 1.29 is 0 Å². The molecule has 0 spiro atoms. The molecule has 0 radical (unpaired) electrons. The highest BCUT2D eigenvalue weighted by atomic mass is 32.1. The monoisotopic (exact) mass is 226 g/mol. The van der Waals surface area contributed by atoms with Gasteiger partial charge in [-0.25, -0.2) is 4.98 Å². The van der Waals surface area contributed by atoms with Crippen LogP contribution in [0.2, 0.25) is 0 Å². The van der Waals surface area contributed by atoms with Gasteiger partial charge in [-0.15, -0.1) is 11.3 Å². The summed E-state index contributed by atoms with van der Waals surface area (Å²) >= 11 is 1.74. The fourth-order valence-corrected chi connectivity index (χ4v) is 2.16. The van der Waals surface area contributed by atoms with Crippen molar-refractivity contribution in [3.63, 3.8) is 0 Å². The number of hydrogen-bond acceptors (Lipinski definition) is 3. The summed E-state index contributed by atoms with van der Waals surface area (Å²) in [5.74, 6) is 0. The minimum absolute atomic E-state index is 0.458. The first-order valence-corrected chi connectivity index (χ1v) is 6.47. The van der Waals surface area contributed by atoms with Crippen molar-refractivity contribution in [2.75, 3.05) is 6.54 Å². The predicted molar refractivity (Wildman–Crippen MR) is 67.2 cm³/mol. The highest BCUT2D eigenvalue weighted by Gasteiger charge is 2.08. The van der Waals surface area contributed by atoms with E-state index in [2.05, 4.69) is 36.5 Å². The van der Waals surface area contributed by atoms with Gasteiger partial charge in [-0.1, -0.05) is 20.8 Å². The lowest BCUT2D eigenvalue weighted by atomic mass is 9.91. The lowest BCUT2D eigenvalue weighted by molar-refractivity contribution is 0.361. The van der Waals surface area contributed by atoms with Gasteiger partial charge < -0.3 is 5.32 Å². The normalized spacial score (nSPS) is 12.0. The van der Waals surface area contributed by atoms with Crippen LogP contribution in [0.5, 0.6) is 0 Å². The topological polar surface area (TPSA) is 24.9 Å². The molecule has 0 aliphatic rings. The maximum Gasteiger partial charge on any atom is 0.107 e. The first-order chi connectivity index (χ1) is 6.97. The second kappa shape index (κ2) is 5.61. The average Bonchev–Trinajstić information content (AvgIpc) is 2.49. The fraction of sp³-hybridized carbons (Fsp3) is 0.750. The molecule has 0 aromatic carbocycles. The van der Waals surface area contributed by atoms with Gasteiger partial charge in [0.15, 0.2) is 0 Å². The molecule has 0 fully saturated rings. The summed E-state index contributed by atoms with van der Waals surface area (Å²) in [7, 11) is 0. The van der Waals surface area contributed by atoms with Crippen LogP contribution in [0.4, 0.5) is 0 Å². The van der Waals surface area contributed by atoms with E-state index in [1.54, 1.807) is 11.3 Å². The number of hydrogen-bond donors (Lipinski definition) is 1. The van der Waals surface area contributed by atoms with Crippen LogP contribution in [-0.2, 0) is 6.54 Å². The molecule has 1 N–H and O–H groups in total. The summed E-state index contributed by atoms with van der Waals surface area (Å²) in [4.78, 5) is 4.41. The molecule has 0 amide bonds. The Morgan fingerprint density at radius 3 is 2.67 bits per heavy atom. The highest BCUT2D eigenvalue weighted by molar-refractivity contribution is 7.09. The minimum atomic E-state index is 0.458. The Hall–Kier alpha value is -0.410. The largest absolute Gasteiger partial charge is 0.310 e. The van der Waals surface area contributed by atoms with Gasteiger partial charge in [0, 0.05) is 17.6 Å². The first-order valence-electron chi connectivity index (χ1n) is 5.59. The van der Waals surface area contributed by atoms with Crippen LogP contribution in [0.3, 0.4) is 0 Å². The van der Waals surface area contributed by atoms with E-state index < -0.39 is 0 Å². The molecule has 2 nitrogen and oxygen atoms in total. The molecule has 0 aliphatic carbocycles. The number of nitrogens with one attached hydrogen (secondary N) is 1. The number of aromatic nitrogens is 1. The van der Waals surface area contributed by atoms with E-state index in [0.29, 0.717) is 5.41 Å². The van der Waals surface area contributed by atoms with Crippen LogP contribution in [0.1, 0.15) is 44.3 Å².